The third-order valence-electron chi connectivity index (χ3n) is 2.46. The van der Waals surface area contributed by atoms with Crippen molar-refractivity contribution >= 4 is 29.2 Å². The van der Waals surface area contributed by atoms with Gasteiger partial charge < -0.3 is 5.11 Å². The topological polar surface area (TPSA) is 50.2 Å². The van der Waals surface area contributed by atoms with E-state index < -0.39 is 11.8 Å². The molecule has 0 unspecified atom stereocenters. The van der Waals surface area contributed by atoms with Crippen molar-refractivity contribution in [1.29, 1.82) is 0 Å². The summed E-state index contributed by atoms with van der Waals surface area (Å²) in [6.07, 6.45) is 0.685. The van der Waals surface area contributed by atoms with Gasteiger partial charge in [0.25, 0.3) is 0 Å². The lowest BCUT2D eigenvalue weighted by Crippen LogP contribution is -2.04. The average molecular weight is 300 g/mol. The molecule has 1 N–H and O–H groups in total. The molecule has 0 saturated heterocycles. The normalized spacial score (nSPS) is 10.5. The maximum atomic E-state index is 13.2. The molecule has 3 nitrogen and oxygen atoms in total. The number of aliphatic carboxylic acids is 1. The van der Waals surface area contributed by atoms with Gasteiger partial charge in [0.2, 0.25) is 0 Å². The number of halogens is 3. The van der Waals surface area contributed by atoms with Crippen molar-refractivity contribution in [2.24, 2.45) is 0 Å². The zero-order valence-electron chi connectivity index (χ0n) is 9.53. The summed E-state index contributed by atoms with van der Waals surface area (Å²) in [6.45, 7) is 0. The first-order chi connectivity index (χ1) is 8.97. The highest BCUT2D eigenvalue weighted by molar-refractivity contribution is 6.36. The first kappa shape index (κ1) is 13.8. The Morgan fingerprint density at radius 2 is 2.05 bits per heavy atom. The van der Waals surface area contributed by atoms with Crippen LogP contribution in [-0.4, -0.2) is 16.1 Å². The molecule has 2 aromatic rings. The van der Waals surface area contributed by atoms with E-state index in [1.807, 2.05) is 0 Å². The fourth-order valence-corrected chi connectivity index (χ4v) is 2.20. The number of hydrogen-bond donors (Lipinski definition) is 1. The van der Waals surface area contributed by atoms with Gasteiger partial charge in [-0.15, -0.1) is 0 Å². The molecule has 1 heterocycles. The molecule has 0 saturated carbocycles. The smallest absolute Gasteiger partial charge is 0.307 e. The summed E-state index contributed by atoms with van der Waals surface area (Å²) in [6, 6.07) is 5.89. The predicted octanol–water partition coefficient (Wildman–Crippen LogP) is 3.82. The molecule has 0 atom stereocenters. The molecule has 0 aliphatic heterocycles. The van der Waals surface area contributed by atoms with Crippen LogP contribution < -0.4 is 0 Å². The Bertz CT molecular complexity index is 647. The lowest BCUT2D eigenvalue weighted by atomic mass is 10.0. The van der Waals surface area contributed by atoms with Gasteiger partial charge in [0.05, 0.1) is 23.3 Å². The molecule has 0 amide bonds. The van der Waals surface area contributed by atoms with Gasteiger partial charge in [-0.3, -0.25) is 9.78 Å². The van der Waals surface area contributed by atoms with Crippen LogP contribution in [0.4, 0.5) is 4.39 Å². The van der Waals surface area contributed by atoms with Gasteiger partial charge in [-0.25, -0.2) is 4.39 Å². The standard InChI is InChI=1S/C13H8Cl2FNO2/c14-8-1-2-10(11(15)5-8)13-7(4-12(18)19)3-9(16)6-17-13/h1-3,5-6H,4H2,(H,18,19). The van der Waals surface area contributed by atoms with Crippen LogP contribution in [0.3, 0.4) is 0 Å². The number of carboxylic acid groups (broad SMARTS) is 1. The van der Waals surface area contributed by atoms with E-state index >= 15 is 0 Å². The zero-order chi connectivity index (χ0) is 14.0. The van der Waals surface area contributed by atoms with Gasteiger partial charge in [0, 0.05) is 10.6 Å². The number of carbonyl (C=O) groups is 1. The quantitative estimate of drug-likeness (QED) is 0.937. The van der Waals surface area contributed by atoms with E-state index in [1.165, 1.54) is 6.07 Å². The van der Waals surface area contributed by atoms with Crippen LogP contribution >= 0.6 is 23.2 Å². The second-order valence-electron chi connectivity index (χ2n) is 3.86. The summed E-state index contributed by atoms with van der Waals surface area (Å²) in [4.78, 5) is 14.7. The third-order valence-corrected chi connectivity index (χ3v) is 3.01. The number of nitrogens with zero attached hydrogens (tertiary/aromatic N) is 1. The van der Waals surface area contributed by atoms with Crippen LogP contribution in [0.25, 0.3) is 11.3 Å². The number of hydrogen-bond acceptors (Lipinski definition) is 2. The first-order valence-electron chi connectivity index (χ1n) is 5.29. The lowest BCUT2D eigenvalue weighted by Gasteiger charge is -2.09. The molecule has 0 aliphatic rings. The molecule has 1 aromatic carbocycles. The van der Waals surface area contributed by atoms with Crippen LogP contribution in [0, 0.1) is 5.82 Å². The minimum atomic E-state index is -1.07. The summed E-state index contributed by atoms with van der Waals surface area (Å²) in [5.41, 5.74) is 1.12. The SMILES string of the molecule is O=C(O)Cc1cc(F)cnc1-c1ccc(Cl)cc1Cl. The van der Waals surface area contributed by atoms with E-state index in [2.05, 4.69) is 4.98 Å². The van der Waals surface area contributed by atoms with Crippen molar-refractivity contribution in [2.45, 2.75) is 6.42 Å². The Kier molecular flexibility index (Phi) is 4.02. The lowest BCUT2D eigenvalue weighted by molar-refractivity contribution is -0.136. The van der Waals surface area contributed by atoms with Crippen LogP contribution in [0.2, 0.25) is 10.0 Å². The summed E-state index contributed by atoms with van der Waals surface area (Å²) < 4.78 is 13.2. The second-order valence-corrected chi connectivity index (χ2v) is 4.70. The Morgan fingerprint density at radius 1 is 1.32 bits per heavy atom. The van der Waals surface area contributed by atoms with E-state index in [4.69, 9.17) is 28.3 Å². The van der Waals surface area contributed by atoms with Crippen molar-refractivity contribution < 1.29 is 14.3 Å². The van der Waals surface area contributed by atoms with Crippen LogP contribution in [0.15, 0.2) is 30.5 Å². The van der Waals surface area contributed by atoms with Crippen LogP contribution in [0.1, 0.15) is 5.56 Å². The summed E-state index contributed by atoms with van der Waals surface area (Å²) in [7, 11) is 0. The van der Waals surface area contributed by atoms with Crippen LogP contribution in [-0.2, 0) is 11.2 Å². The molecule has 0 spiro atoms. The summed E-state index contributed by atoms with van der Waals surface area (Å²) in [5.74, 6) is -1.66. The Hall–Kier alpha value is -1.65. The van der Waals surface area contributed by atoms with Gasteiger partial charge in [-0.05, 0) is 29.8 Å². The second kappa shape index (κ2) is 5.55. The molecule has 1 aromatic heterocycles. The van der Waals surface area contributed by atoms with Crippen molar-refractivity contribution in [1.82, 2.24) is 4.98 Å². The molecule has 0 bridgehead atoms. The molecule has 0 fully saturated rings. The maximum absolute atomic E-state index is 13.2. The van der Waals surface area contributed by atoms with Crippen LogP contribution in [0.5, 0.6) is 0 Å². The zero-order valence-corrected chi connectivity index (χ0v) is 11.0. The number of aromatic nitrogens is 1. The van der Waals surface area contributed by atoms with Crippen molar-refractivity contribution in [3.63, 3.8) is 0 Å². The van der Waals surface area contributed by atoms with Gasteiger partial charge in [-0.1, -0.05) is 23.2 Å². The molecular weight excluding hydrogens is 292 g/mol. The van der Waals surface area contributed by atoms with Gasteiger partial charge in [0.1, 0.15) is 5.82 Å². The van der Waals surface area contributed by atoms with E-state index in [9.17, 15) is 9.18 Å². The average Bonchev–Trinajstić information content (AvgIpc) is 2.30. The molecular formula is C13H8Cl2FNO2. The minimum absolute atomic E-state index is 0.261. The fourth-order valence-electron chi connectivity index (χ4n) is 1.70. The number of carboxylic acids is 1. The fraction of sp³-hybridized carbons (Fsp3) is 0.0769. The highest BCUT2D eigenvalue weighted by atomic mass is 35.5. The number of pyridine rings is 1. The molecule has 19 heavy (non-hydrogen) atoms. The van der Waals surface area contributed by atoms with Gasteiger partial charge in [0.15, 0.2) is 0 Å². The third kappa shape index (κ3) is 3.22. The number of rotatable bonds is 3. The molecule has 2 rings (SSSR count). The Labute approximate surface area is 118 Å². The van der Waals surface area contributed by atoms with E-state index in [-0.39, 0.29) is 12.0 Å². The van der Waals surface area contributed by atoms with E-state index in [0.717, 1.165) is 12.3 Å². The molecule has 98 valence electrons. The molecule has 6 heteroatoms. The monoisotopic (exact) mass is 299 g/mol. The largest absolute Gasteiger partial charge is 0.481 e. The Balaban J connectivity index is 2.57. The van der Waals surface area contributed by atoms with Crippen molar-refractivity contribution in [3.05, 3.63) is 51.9 Å². The van der Waals surface area contributed by atoms with Gasteiger partial charge in [-0.2, -0.15) is 0 Å². The van der Waals surface area contributed by atoms with E-state index in [0.29, 0.717) is 21.3 Å². The summed E-state index contributed by atoms with van der Waals surface area (Å²) >= 11 is 11.8. The number of benzene rings is 1. The van der Waals surface area contributed by atoms with E-state index in [1.54, 1.807) is 12.1 Å². The predicted molar refractivity (Wildman–Crippen MR) is 71.0 cm³/mol. The highest BCUT2D eigenvalue weighted by Gasteiger charge is 2.14. The first-order valence-corrected chi connectivity index (χ1v) is 6.04. The van der Waals surface area contributed by atoms with Gasteiger partial charge >= 0.3 is 5.97 Å². The molecule has 0 aliphatic carbocycles. The van der Waals surface area contributed by atoms with Crippen molar-refractivity contribution in [3.8, 4) is 11.3 Å². The highest BCUT2D eigenvalue weighted by Crippen LogP contribution is 2.31. The Morgan fingerprint density at radius 3 is 2.68 bits per heavy atom. The maximum Gasteiger partial charge on any atom is 0.307 e. The summed E-state index contributed by atoms with van der Waals surface area (Å²) in [5, 5.41) is 9.62. The molecule has 0 radical (unpaired) electrons. The van der Waals surface area contributed by atoms with Crippen molar-refractivity contribution in [2.75, 3.05) is 0 Å². The minimum Gasteiger partial charge on any atom is -0.481 e.